The second kappa shape index (κ2) is 4.98. The molecule has 1 aromatic rings. The molecular weight excluding hydrogens is 227 g/mol. The number of halogens is 1. The summed E-state index contributed by atoms with van der Waals surface area (Å²) < 4.78 is 13.7. The van der Waals surface area contributed by atoms with Gasteiger partial charge in [-0.05, 0) is 32.3 Å². The molecule has 1 saturated heterocycles. The van der Waals surface area contributed by atoms with Crippen molar-refractivity contribution in [3.05, 3.63) is 35.6 Å². The van der Waals surface area contributed by atoms with Crippen molar-refractivity contribution in [1.29, 1.82) is 0 Å². The summed E-state index contributed by atoms with van der Waals surface area (Å²) in [5, 5.41) is 3.57. The van der Waals surface area contributed by atoms with Gasteiger partial charge in [-0.15, -0.1) is 0 Å². The highest BCUT2D eigenvalue weighted by Gasteiger charge is 2.34. The highest BCUT2D eigenvalue weighted by molar-refractivity contribution is 5.20. The van der Waals surface area contributed by atoms with Crippen LogP contribution in [-0.2, 0) is 0 Å². The SMILES string of the molecule is CC(NC1CCN(C2CC2)C1)c1ccccc1F. The second-order valence-electron chi connectivity index (χ2n) is 5.62. The minimum absolute atomic E-state index is 0.0929. The van der Waals surface area contributed by atoms with Gasteiger partial charge in [-0.2, -0.15) is 0 Å². The monoisotopic (exact) mass is 248 g/mol. The number of hydrogen-bond donors (Lipinski definition) is 1. The normalized spacial score (nSPS) is 26.4. The summed E-state index contributed by atoms with van der Waals surface area (Å²) >= 11 is 0. The Morgan fingerprint density at radius 3 is 2.78 bits per heavy atom. The van der Waals surface area contributed by atoms with Gasteiger partial charge in [0.25, 0.3) is 0 Å². The van der Waals surface area contributed by atoms with Gasteiger partial charge >= 0.3 is 0 Å². The van der Waals surface area contributed by atoms with Crippen molar-refractivity contribution in [2.75, 3.05) is 13.1 Å². The lowest BCUT2D eigenvalue weighted by molar-refractivity contribution is 0.313. The minimum Gasteiger partial charge on any atom is -0.306 e. The molecular formula is C15H21FN2. The Balaban J connectivity index is 1.58. The zero-order valence-corrected chi connectivity index (χ0v) is 10.9. The van der Waals surface area contributed by atoms with E-state index in [1.807, 2.05) is 12.1 Å². The molecule has 0 bridgehead atoms. The molecule has 18 heavy (non-hydrogen) atoms. The third kappa shape index (κ3) is 2.57. The number of likely N-dealkylation sites (tertiary alicyclic amines) is 1. The fourth-order valence-corrected chi connectivity index (χ4v) is 2.96. The number of nitrogens with one attached hydrogen (secondary N) is 1. The third-order valence-corrected chi connectivity index (χ3v) is 4.14. The standard InChI is InChI=1S/C15H21FN2/c1-11(14-4-2-3-5-15(14)16)17-12-8-9-18(10-12)13-6-7-13/h2-5,11-13,17H,6-10H2,1H3. The van der Waals surface area contributed by atoms with Crippen molar-refractivity contribution in [3.63, 3.8) is 0 Å². The van der Waals surface area contributed by atoms with E-state index in [0.717, 1.165) is 18.2 Å². The van der Waals surface area contributed by atoms with Gasteiger partial charge in [-0.3, -0.25) is 4.90 Å². The number of rotatable bonds is 4. The molecule has 2 fully saturated rings. The molecule has 0 aromatic heterocycles. The molecule has 1 N–H and O–H groups in total. The molecule has 0 radical (unpaired) electrons. The lowest BCUT2D eigenvalue weighted by Crippen LogP contribution is -2.35. The molecule has 1 aromatic carbocycles. The molecule has 1 heterocycles. The van der Waals surface area contributed by atoms with Gasteiger partial charge in [0, 0.05) is 36.8 Å². The molecule has 3 heteroatoms. The van der Waals surface area contributed by atoms with Crippen molar-refractivity contribution in [1.82, 2.24) is 10.2 Å². The molecule has 1 aliphatic heterocycles. The van der Waals surface area contributed by atoms with Crippen LogP contribution < -0.4 is 5.32 Å². The van der Waals surface area contributed by atoms with Crippen LogP contribution in [-0.4, -0.2) is 30.1 Å². The first-order valence-corrected chi connectivity index (χ1v) is 6.98. The lowest BCUT2D eigenvalue weighted by Gasteiger charge is -2.21. The Morgan fingerprint density at radius 2 is 2.06 bits per heavy atom. The first-order valence-electron chi connectivity index (χ1n) is 6.98. The van der Waals surface area contributed by atoms with Gasteiger partial charge in [-0.25, -0.2) is 4.39 Å². The predicted octanol–water partition coefficient (Wildman–Crippen LogP) is 2.71. The van der Waals surface area contributed by atoms with E-state index in [9.17, 15) is 4.39 Å². The number of nitrogens with zero attached hydrogens (tertiary/aromatic N) is 1. The molecule has 0 spiro atoms. The zero-order chi connectivity index (χ0) is 12.5. The predicted molar refractivity (Wildman–Crippen MR) is 71.0 cm³/mol. The van der Waals surface area contributed by atoms with Gasteiger partial charge in [0.05, 0.1) is 0 Å². The summed E-state index contributed by atoms with van der Waals surface area (Å²) in [6.45, 7) is 4.38. The van der Waals surface area contributed by atoms with Gasteiger partial charge in [0.2, 0.25) is 0 Å². The first kappa shape index (κ1) is 12.1. The van der Waals surface area contributed by atoms with E-state index in [1.165, 1.54) is 25.8 Å². The molecule has 98 valence electrons. The molecule has 2 unspecified atom stereocenters. The maximum absolute atomic E-state index is 13.7. The Kier molecular flexibility index (Phi) is 3.35. The van der Waals surface area contributed by atoms with Crippen molar-refractivity contribution < 1.29 is 4.39 Å². The molecule has 2 aliphatic rings. The van der Waals surface area contributed by atoms with Gasteiger partial charge in [0.15, 0.2) is 0 Å². The zero-order valence-electron chi connectivity index (χ0n) is 10.9. The summed E-state index contributed by atoms with van der Waals surface area (Å²) in [5.41, 5.74) is 0.780. The summed E-state index contributed by atoms with van der Waals surface area (Å²) in [5.74, 6) is -0.102. The fraction of sp³-hybridized carbons (Fsp3) is 0.600. The average molecular weight is 248 g/mol. The van der Waals surface area contributed by atoms with E-state index in [1.54, 1.807) is 12.1 Å². The summed E-state index contributed by atoms with van der Waals surface area (Å²) in [6, 6.07) is 8.52. The Morgan fingerprint density at radius 1 is 1.28 bits per heavy atom. The fourth-order valence-electron chi connectivity index (χ4n) is 2.96. The van der Waals surface area contributed by atoms with E-state index in [0.29, 0.717) is 6.04 Å². The van der Waals surface area contributed by atoms with Crippen LogP contribution in [0.4, 0.5) is 4.39 Å². The van der Waals surface area contributed by atoms with Crippen LogP contribution in [0.1, 0.15) is 37.8 Å². The van der Waals surface area contributed by atoms with E-state index in [-0.39, 0.29) is 11.9 Å². The molecule has 1 saturated carbocycles. The maximum Gasteiger partial charge on any atom is 0.127 e. The highest BCUT2D eigenvalue weighted by atomic mass is 19.1. The summed E-state index contributed by atoms with van der Waals surface area (Å²) in [7, 11) is 0. The van der Waals surface area contributed by atoms with Crippen molar-refractivity contribution in [3.8, 4) is 0 Å². The van der Waals surface area contributed by atoms with Gasteiger partial charge in [-0.1, -0.05) is 18.2 Å². The highest BCUT2D eigenvalue weighted by Crippen LogP contribution is 2.30. The van der Waals surface area contributed by atoms with Gasteiger partial charge in [0.1, 0.15) is 5.82 Å². The van der Waals surface area contributed by atoms with Gasteiger partial charge < -0.3 is 5.32 Å². The van der Waals surface area contributed by atoms with Crippen molar-refractivity contribution >= 4 is 0 Å². The van der Waals surface area contributed by atoms with Crippen LogP contribution in [0, 0.1) is 5.82 Å². The van der Waals surface area contributed by atoms with E-state index in [4.69, 9.17) is 0 Å². The van der Waals surface area contributed by atoms with Crippen LogP contribution in [0.25, 0.3) is 0 Å². The Labute approximate surface area is 108 Å². The lowest BCUT2D eigenvalue weighted by atomic mass is 10.1. The van der Waals surface area contributed by atoms with Crippen LogP contribution in [0.15, 0.2) is 24.3 Å². The molecule has 1 aliphatic carbocycles. The van der Waals surface area contributed by atoms with Crippen molar-refractivity contribution in [2.24, 2.45) is 0 Å². The maximum atomic E-state index is 13.7. The van der Waals surface area contributed by atoms with Crippen LogP contribution in [0.3, 0.4) is 0 Å². The van der Waals surface area contributed by atoms with Crippen LogP contribution >= 0.6 is 0 Å². The summed E-state index contributed by atoms with van der Waals surface area (Å²) in [6.07, 6.45) is 3.93. The number of hydrogen-bond acceptors (Lipinski definition) is 2. The van der Waals surface area contributed by atoms with E-state index >= 15 is 0 Å². The largest absolute Gasteiger partial charge is 0.306 e. The Bertz CT molecular complexity index is 417. The first-order chi connectivity index (χ1) is 8.74. The van der Waals surface area contributed by atoms with Crippen LogP contribution in [0.2, 0.25) is 0 Å². The quantitative estimate of drug-likeness (QED) is 0.881. The smallest absolute Gasteiger partial charge is 0.127 e. The average Bonchev–Trinajstić information content (AvgIpc) is 3.11. The minimum atomic E-state index is -0.102. The molecule has 2 nitrogen and oxygen atoms in total. The van der Waals surface area contributed by atoms with Crippen LogP contribution in [0.5, 0.6) is 0 Å². The summed E-state index contributed by atoms with van der Waals surface area (Å²) in [4.78, 5) is 2.58. The topological polar surface area (TPSA) is 15.3 Å². The molecule has 2 atom stereocenters. The number of benzene rings is 1. The second-order valence-corrected chi connectivity index (χ2v) is 5.62. The van der Waals surface area contributed by atoms with E-state index in [2.05, 4.69) is 17.1 Å². The molecule has 3 rings (SSSR count). The molecule has 0 amide bonds. The van der Waals surface area contributed by atoms with Crippen molar-refractivity contribution in [2.45, 2.75) is 44.3 Å². The van der Waals surface area contributed by atoms with E-state index < -0.39 is 0 Å². The third-order valence-electron chi connectivity index (χ3n) is 4.14. The Hall–Kier alpha value is -0.930.